The summed E-state index contributed by atoms with van der Waals surface area (Å²) in [5.74, 6) is -1.40. The Morgan fingerprint density at radius 2 is 1.75 bits per heavy atom. The van der Waals surface area contributed by atoms with Crippen LogP contribution >= 0.6 is 0 Å². The Morgan fingerprint density at radius 3 is 2.38 bits per heavy atom. The van der Waals surface area contributed by atoms with Crippen molar-refractivity contribution in [2.75, 3.05) is 0 Å². The van der Waals surface area contributed by atoms with Crippen molar-refractivity contribution < 1.29 is 28.9 Å². The van der Waals surface area contributed by atoms with Gasteiger partial charge in [-0.05, 0) is 42.0 Å². The maximum Gasteiger partial charge on any atom is 0.339 e. The Kier molecular flexibility index (Phi) is 4.05. The van der Waals surface area contributed by atoms with Crippen LogP contribution in [-0.4, -0.2) is 21.3 Å². The fourth-order valence-corrected chi connectivity index (χ4v) is 2.33. The lowest BCUT2D eigenvalue weighted by Crippen LogP contribution is -1.97. The number of benzene rings is 2. The molecule has 1 unspecified atom stereocenters. The molecule has 0 radical (unpaired) electrons. The smallest absolute Gasteiger partial charge is 0.339 e. The van der Waals surface area contributed by atoms with Crippen LogP contribution in [-0.2, 0) is 0 Å². The molecule has 24 heavy (non-hydrogen) atoms. The van der Waals surface area contributed by atoms with E-state index in [1.807, 2.05) is 0 Å². The minimum atomic E-state index is -1.23. The lowest BCUT2D eigenvalue weighted by molar-refractivity contribution is 0.0693. The first-order valence-corrected chi connectivity index (χ1v) is 7.05. The lowest BCUT2D eigenvalue weighted by atomic mass is 10.1. The molecular weight excluding hydrogens is 315 g/mol. The highest BCUT2D eigenvalue weighted by Gasteiger charge is 2.17. The molecule has 3 rings (SSSR count). The van der Waals surface area contributed by atoms with Crippen LogP contribution in [0.3, 0.4) is 0 Å². The van der Waals surface area contributed by atoms with E-state index in [1.54, 1.807) is 12.1 Å². The lowest BCUT2D eigenvalue weighted by Gasteiger charge is -2.08. The van der Waals surface area contributed by atoms with Crippen LogP contribution in [0.15, 0.2) is 59.0 Å². The summed E-state index contributed by atoms with van der Waals surface area (Å²) in [6.07, 6.45) is -1.06. The van der Waals surface area contributed by atoms with Gasteiger partial charge in [0.2, 0.25) is 0 Å². The third-order valence-corrected chi connectivity index (χ3v) is 3.59. The summed E-state index contributed by atoms with van der Waals surface area (Å²) in [6.45, 7) is 0. The molecule has 1 atom stereocenters. The van der Waals surface area contributed by atoms with Gasteiger partial charge in [0.15, 0.2) is 0 Å². The molecule has 0 amide bonds. The Labute approximate surface area is 136 Å². The van der Waals surface area contributed by atoms with Crippen LogP contribution in [0.25, 0.3) is 11.3 Å². The second-order valence-corrected chi connectivity index (χ2v) is 5.19. The summed E-state index contributed by atoms with van der Waals surface area (Å²) in [5, 5.41) is 28.9. The SMILES string of the molecule is O=C(O)c1ccc(-c2ccc(C(O)c3ccc(F)cc3)o2)cc1O. The van der Waals surface area contributed by atoms with Gasteiger partial charge < -0.3 is 19.7 Å². The first-order chi connectivity index (χ1) is 11.5. The fourth-order valence-electron chi connectivity index (χ4n) is 2.33. The van der Waals surface area contributed by atoms with Gasteiger partial charge in [0.1, 0.15) is 34.8 Å². The van der Waals surface area contributed by atoms with Gasteiger partial charge in [-0.15, -0.1) is 0 Å². The van der Waals surface area contributed by atoms with Crippen LogP contribution < -0.4 is 0 Å². The fraction of sp³-hybridized carbons (Fsp3) is 0.0556. The third-order valence-electron chi connectivity index (χ3n) is 3.59. The standard InChI is InChI=1S/C18H13FO5/c19-12-4-1-10(2-5-12)17(21)16-8-7-15(24-16)11-3-6-13(18(22)23)14(20)9-11/h1-9,17,20-21H,(H,22,23). The first kappa shape index (κ1) is 15.8. The number of furan rings is 1. The Morgan fingerprint density at radius 1 is 1.04 bits per heavy atom. The molecule has 6 heteroatoms. The summed E-state index contributed by atoms with van der Waals surface area (Å²) < 4.78 is 18.5. The van der Waals surface area contributed by atoms with E-state index < -0.39 is 17.9 Å². The van der Waals surface area contributed by atoms with E-state index >= 15 is 0 Å². The Bertz CT molecular complexity index is 883. The maximum absolute atomic E-state index is 12.9. The molecule has 5 nitrogen and oxygen atoms in total. The molecule has 0 saturated heterocycles. The van der Waals surface area contributed by atoms with Crippen LogP contribution in [0.1, 0.15) is 27.8 Å². The van der Waals surface area contributed by atoms with E-state index in [1.165, 1.54) is 42.5 Å². The number of hydrogen-bond donors (Lipinski definition) is 3. The van der Waals surface area contributed by atoms with Crippen molar-refractivity contribution in [2.45, 2.75) is 6.10 Å². The van der Waals surface area contributed by atoms with Crippen LogP contribution in [0, 0.1) is 5.82 Å². The number of carbonyl (C=O) groups is 1. The summed E-state index contributed by atoms with van der Waals surface area (Å²) in [6, 6.07) is 12.6. The number of phenols is 1. The zero-order valence-corrected chi connectivity index (χ0v) is 12.3. The number of aromatic carboxylic acids is 1. The van der Waals surface area contributed by atoms with E-state index in [2.05, 4.69) is 0 Å². The number of carboxylic acid groups (broad SMARTS) is 1. The number of aliphatic hydroxyl groups excluding tert-OH is 1. The number of halogens is 1. The molecular formula is C18H13FO5. The normalized spacial score (nSPS) is 12.1. The van der Waals surface area contributed by atoms with Crippen molar-refractivity contribution in [3.63, 3.8) is 0 Å². The summed E-state index contributed by atoms with van der Waals surface area (Å²) in [7, 11) is 0. The molecule has 1 heterocycles. The van der Waals surface area contributed by atoms with Gasteiger partial charge >= 0.3 is 5.97 Å². The molecule has 0 fully saturated rings. The van der Waals surface area contributed by atoms with Crippen molar-refractivity contribution >= 4 is 5.97 Å². The third kappa shape index (κ3) is 3.00. The number of hydrogen-bond acceptors (Lipinski definition) is 4. The second-order valence-electron chi connectivity index (χ2n) is 5.19. The molecule has 0 aliphatic heterocycles. The van der Waals surface area contributed by atoms with Gasteiger partial charge in [0.05, 0.1) is 0 Å². The highest BCUT2D eigenvalue weighted by atomic mass is 19.1. The van der Waals surface area contributed by atoms with Crippen LogP contribution in [0.5, 0.6) is 5.75 Å². The van der Waals surface area contributed by atoms with Crippen molar-refractivity contribution in [3.8, 4) is 17.1 Å². The van der Waals surface area contributed by atoms with Gasteiger partial charge in [0, 0.05) is 5.56 Å². The van der Waals surface area contributed by atoms with Gasteiger partial charge in [-0.25, -0.2) is 9.18 Å². The van der Waals surface area contributed by atoms with E-state index in [0.717, 1.165) is 0 Å². The zero-order chi connectivity index (χ0) is 17.3. The molecule has 0 spiro atoms. The summed E-state index contributed by atoms with van der Waals surface area (Å²) in [4.78, 5) is 10.9. The van der Waals surface area contributed by atoms with Crippen molar-refractivity contribution in [2.24, 2.45) is 0 Å². The van der Waals surface area contributed by atoms with E-state index in [4.69, 9.17) is 9.52 Å². The van der Waals surface area contributed by atoms with Crippen molar-refractivity contribution in [1.29, 1.82) is 0 Å². The largest absolute Gasteiger partial charge is 0.507 e. The summed E-state index contributed by atoms with van der Waals surface area (Å²) >= 11 is 0. The molecule has 2 aromatic carbocycles. The zero-order valence-electron chi connectivity index (χ0n) is 12.3. The van der Waals surface area contributed by atoms with Crippen molar-refractivity contribution in [3.05, 3.63) is 77.3 Å². The summed E-state index contributed by atoms with van der Waals surface area (Å²) in [5.41, 5.74) is 0.730. The number of aliphatic hydroxyl groups is 1. The Balaban J connectivity index is 1.89. The first-order valence-electron chi connectivity index (χ1n) is 7.05. The highest BCUT2D eigenvalue weighted by Crippen LogP contribution is 2.31. The second kappa shape index (κ2) is 6.17. The van der Waals surface area contributed by atoms with Crippen LogP contribution in [0.2, 0.25) is 0 Å². The predicted molar refractivity (Wildman–Crippen MR) is 83.2 cm³/mol. The molecule has 0 bridgehead atoms. The number of carboxylic acids is 1. The van der Waals surface area contributed by atoms with Gasteiger partial charge in [-0.2, -0.15) is 0 Å². The van der Waals surface area contributed by atoms with Gasteiger partial charge in [-0.3, -0.25) is 0 Å². The molecule has 0 aliphatic carbocycles. The van der Waals surface area contributed by atoms with E-state index in [-0.39, 0.29) is 17.1 Å². The maximum atomic E-state index is 12.9. The van der Waals surface area contributed by atoms with Crippen molar-refractivity contribution in [1.82, 2.24) is 0 Å². The quantitative estimate of drug-likeness (QED) is 0.681. The molecule has 0 saturated carbocycles. The average molecular weight is 328 g/mol. The Hall–Kier alpha value is -3.12. The molecule has 1 aromatic heterocycles. The predicted octanol–water partition coefficient (Wildman–Crippen LogP) is 3.57. The topological polar surface area (TPSA) is 90.9 Å². The van der Waals surface area contributed by atoms with Gasteiger partial charge in [0.25, 0.3) is 0 Å². The van der Waals surface area contributed by atoms with Gasteiger partial charge in [-0.1, -0.05) is 18.2 Å². The molecule has 3 aromatic rings. The highest BCUT2D eigenvalue weighted by molar-refractivity contribution is 5.91. The van der Waals surface area contributed by atoms with E-state index in [0.29, 0.717) is 16.9 Å². The minimum absolute atomic E-state index is 0.211. The van der Waals surface area contributed by atoms with Crippen LogP contribution in [0.4, 0.5) is 4.39 Å². The number of aromatic hydroxyl groups is 1. The average Bonchev–Trinajstić information content (AvgIpc) is 3.04. The molecule has 3 N–H and O–H groups in total. The molecule has 122 valence electrons. The monoisotopic (exact) mass is 328 g/mol. The number of rotatable bonds is 4. The van der Waals surface area contributed by atoms with E-state index in [9.17, 15) is 19.4 Å². The molecule has 0 aliphatic rings. The minimum Gasteiger partial charge on any atom is -0.507 e.